The minimum absolute atomic E-state index is 0.0330. The Kier molecular flexibility index (Phi) is 8.27. The molecule has 0 bridgehead atoms. The minimum atomic E-state index is -3.87. The van der Waals surface area contributed by atoms with Crippen LogP contribution in [0.25, 0.3) is 10.2 Å². The van der Waals surface area contributed by atoms with Crippen LogP contribution in [-0.2, 0) is 16.4 Å². The maximum atomic E-state index is 13.7. The third-order valence-corrected chi connectivity index (χ3v) is 9.83. The number of nitrogen functional groups attached to an aromatic ring is 1. The highest BCUT2D eigenvalue weighted by molar-refractivity contribution is 7.89. The first-order chi connectivity index (χ1) is 18.8. The number of aromatic nitrogens is 1. The number of nitrogens with two attached hydrogens (primary N) is 2. The van der Waals surface area contributed by atoms with Crippen LogP contribution in [-0.4, -0.2) is 31.8 Å². The molecule has 1 saturated carbocycles. The molecule has 4 aromatic rings. The lowest BCUT2D eigenvalue weighted by molar-refractivity contribution is 0.339. The van der Waals surface area contributed by atoms with Gasteiger partial charge in [0.15, 0.2) is 0 Å². The van der Waals surface area contributed by atoms with Crippen molar-refractivity contribution in [2.24, 2.45) is 17.4 Å². The lowest BCUT2D eigenvalue weighted by Crippen LogP contribution is -2.30. The molecule has 0 spiro atoms. The van der Waals surface area contributed by atoms with Crippen molar-refractivity contribution in [3.8, 4) is 0 Å². The van der Waals surface area contributed by atoms with Crippen LogP contribution >= 0.6 is 11.3 Å². The Hall–Kier alpha value is -3.31. The van der Waals surface area contributed by atoms with Crippen LogP contribution in [0.15, 0.2) is 77.7 Å². The van der Waals surface area contributed by atoms with Gasteiger partial charge in [-0.2, -0.15) is 0 Å². The van der Waals surface area contributed by atoms with Crippen LogP contribution in [0.4, 0.5) is 5.69 Å². The number of fused-ring (bicyclic) bond motifs is 1. The molecule has 1 unspecified atom stereocenters. The maximum Gasteiger partial charge on any atom is 0.241 e. The van der Waals surface area contributed by atoms with E-state index >= 15 is 0 Å². The summed E-state index contributed by atoms with van der Waals surface area (Å²) in [6.45, 7) is 0.796. The van der Waals surface area contributed by atoms with Crippen LogP contribution in [0.1, 0.15) is 47.9 Å². The second-order valence-electron chi connectivity index (χ2n) is 10.2. The van der Waals surface area contributed by atoms with Gasteiger partial charge in [0.05, 0.1) is 21.2 Å². The van der Waals surface area contributed by atoms with Gasteiger partial charge in [-0.25, -0.2) is 18.1 Å². The molecule has 5 rings (SSSR count). The van der Waals surface area contributed by atoms with Crippen molar-refractivity contribution < 1.29 is 8.42 Å². The molecule has 1 aliphatic rings. The Bertz CT molecular complexity index is 1530. The number of nitrogens with one attached hydrogen (secondary N) is 3. The molecule has 204 valence electrons. The topological polar surface area (TPSA) is 147 Å². The molecule has 1 aliphatic carbocycles. The fourth-order valence-electron chi connectivity index (χ4n) is 5.00. The molecule has 0 aliphatic heterocycles. The Labute approximate surface area is 233 Å². The van der Waals surface area contributed by atoms with Gasteiger partial charge in [0.2, 0.25) is 10.0 Å². The summed E-state index contributed by atoms with van der Waals surface area (Å²) in [6, 6.07) is 21.7. The van der Waals surface area contributed by atoms with Gasteiger partial charge in [-0.15, -0.1) is 11.3 Å². The molecule has 10 heteroatoms. The highest BCUT2D eigenvalue weighted by atomic mass is 32.2. The highest BCUT2D eigenvalue weighted by Crippen LogP contribution is 2.30. The van der Waals surface area contributed by atoms with Gasteiger partial charge in [-0.05, 0) is 80.0 Å². The van der Waals surface area contributed by atoms with Gasteiger partial charge < -0.3 is 16.8 Å². The molecule has 3 aromatic carbocycles. The molecule has 0 amide bonds. The first-order valence-electron chi connectivity index (χ1n) is 13.2. The number of hydrogen-bond donors (Lipinski definition) is 5. The van der Waals surface area contributed by atoms with E-state index in [2.05, 4.69) is 10.0 Å². The second-order valence-corrected chi connectivity index (χ2v) is 13.0. The first kappa shape index (κ1) is 27.3. The lowest BCUT2D eigenvalue weighted by atomic mass is 9.86. The predicted octanol–water partition coefficient (Wildman–Crippen LogP) is 4.77. The number of thiazole rings is 1. The van der Waals surface area contributed by atoms with E-state index in [0.29, 0.717) is 29.0 Å². The summed E-state index contributed by atoms with van der Waals surface area (Å²) in [6.07, 6.45) is 4.60. The summed E-state index contributed by atoms with van der Waals surface area (Å²) in [4.78, 5) is 4.95. The van der Waals surface area contributed by atoms with Crippen molar-refractivity contribution in [2.75, 3.05) is 11.9 Å². The van der Waals surface area contributed by atoms with E-state index in [9.17, 15) is 8.42 Å². The summed E-state index contributed by atoms with van der Waals surface area (Å²) in [5, 5.41) is 11.9. The van der Waals surface area contributed by atoms with Crippen LogP contribution in [0.3, 0.4) is 0 Å². The molecule has 7 N–H and O–H groups in total. The number of anilines is 1. The van der Waals surface area contributed by atoms with Crippen molar-refractivity contribution in [3.63, 3.8) is 0 Å². The van der Waals surface area contributed by atoms with Crippen LogP contribution in [0.5, 0.6) is 0 Å². The fraction of sp³-hybridized carbons (Fsp3) is 0.310. The Morgan fingerprint density at radius 3 is 2.56 bits per heavy atom. The number of nitrogens with zero attached hydrogens (tertiary/aromatic N) is 1. The number of amidine groups is 1. The number of hydrogen-bond acceptors (Lipinski definition) is 7. The van der Waals surface area contributed by atoms with E-state index in [1.54, 1.807) is 24.3 Å². The number of sulfonamides is 1. The maximum absolute atomic E-state index is 13.7. The zero-order valence-electron chi connectivity index (χ0n) is 21.6. The molecule has 0 saturated heterocycles. The van der Waals surface area contributed by atoms with Gasteiger partial charge >= 0.3 is 0 Å². The smallest absolute Gasteiger partial charge is 0.241 e. The van der Waals surface area contributed by atoms with Gasteiger partial charge in [0.25, 0.3) is 0 Å². The minimum Gasteiger partial charge on any atom is -0.385 e. The SMILES string of the molecule is N=C(N)c1cccc(CC(NS(=O)(=O)c2cccc(NCC3CCC(N)CC3)c2)c2nc3ccccc3s2)c1. The molecule has 0 radical (unpaired) electrons. The average Bonchev–Trinajstić information content (AvgIpc) is 3.37. The van der Waals surface area contributed by atoms with Crippen LogP contribution < -0.4 is 21.5 Å². The van der Waals surface area contributed by atoms with Crippen molar-refractivity contribution >= 4 is 43.1 Å². The van der Waals surface area contributed by atoms with Crippen LogP contribution in [0, 0.1) is 11.3 Å². The summed E-state index contributed by atoms with van der Waals surface area (Å²) < 4.78 is 31.2. The third kappa shape index (κ3) is 6.83. The molecule has 1 atom stereocenters. The van der Waals surface area contributed by atoms with E-state index in [1.807, 2.05) is 48.5 Å². The summed E-state index contributed by atoms with van der Waals surface area (Å²) >= 11 is 1.47. The zero-order valence-corrected chi connectivity index (χ0v) is 23.3. The van der Waals surface area contributed by atoms with Crippen LogP contribution in [0.2, 0.25) is 0 Å². The molecule has 39 heavy (non-hydrogen) atoms. The summed E-state index contributed by atoms with van der Waals surface area (Å²) in [5.74, 6) is 0.506. The highest BCUT2D eigenvalue weighted by Gasteiger charge is 2.25. The monoisotopic (exact) mass is 562 g/mol. The van der Waals surface area contributed by atoms with E-state index in [-0.39, 0.29) is 10.7 Å². The molecule has 8 nitrogen and oxygen atoms in total. The largest absolute Gasteiger partial charge is 0.385 e. The second kappa shape index (κ2) is 11.8. The molecule has 1 fully saturated rings. The number of benzene rings is 3. The molecule has 1 heterocycles. The Morgan fingerprint density at radius 1 is 1.03 bits per heavy atom. The fourth-order valence-corrected chi connectivity index (χ4v) is 7.34. The van der Waals surface area contributed by atoms with Crippen molar-refractivity contribution in [1.82, 2.24) is 9.71 Å². The van der Waals surface area contributed by atoms with E-state index < -0.39 is 16.1 Å². The Morgan fingerprint density at radius 2 is 1.79 bits per heavy atom. The standard InChI is InChI=1S/C29H34N6O2S2/c30-22-13-11-19(12-14-22)18-33-23-7-4-8-24(17-23)39(36,37)35-26(16-20-5-3-6-21(15-20)28(31)32)29-34-25-9-1-2-10-27(25)38-29/h1-10,15,17,19,22,26,33,35H,11-14,16,18,30H2,(H3,31,32). The van der Waals surface area contributed by atoms with E-state index in [4.69, 9.17) is 21.9 Å². The van der Waals surface area contributed by atoms with Gasteiger partial charge in [0.1, 0.15) is 10.8 Å². The quantitative estimate of drug-likeness (QED) is 0.139. The third-order valence-electron chi connectivity index (χ3n) is 7.21. The van der Waals surface area contributed by atoms with Gasteiger partial charge in [-0.1, -0.05) is 36.4 Å². The van der Waals surface area contributed by atoms with Crippen molar-refractivity contribution in [3.05, 3.63) is 88.9 Å². The summed E-state index contributed by atoms with van der Waals surface area (Å²) in [5.41, 5.74) is 14.8. The summed E-state index contributed by atoms with van der Waals surface area (Å²) in [7, 11) is -3.87. The van der Waals surface area contributed by atoms with Gasteiger partial charge in [0, 0.05) is 23.8 Å². The van der Waals surface area contributed by atoms with Crippen molar-refractivity contribution in [2.45, 2.75) is 49.1 Å². The molecular weight excluding hydrogens is 528 g/mol. The molecular formula is C29H34N6O2S2. The normalized spacial score (nSPS) is 18.6. The average molecular weight is 563 g/mol. The Balaban J connectivity index is 1.38. The lowest BCUT2D eigenvalue weighted by Gasteiger charge is -2.26. The van der Waals surface area contributed by atoms with Crippen molar-refractivity contribution in [1.29, 1.82) is 5.41 Å². The zero-order chi connectivity index (χ0) is 27.4. The predicted molar refractivity (Wildman–Crippen MR) is 159 cm³/mol. The first-order valence-corrected chi connectivity index (χ1v) is 15.5. The van der Waals surface area contributed by atoms with Gasteiger partial charge in [-0.3, -0.25) is 5.41 Å². The van der Waals surface area contributed by atoms with E-state index in [1.165, 1.54) is 11.3 Å². The number of para-hydroxylation sites is 1. The molecule has 1 aromatic heterocycles. The van der Waals surface area contributed by atoms with E-state index in [0.717, 1.165) is 53.7 Å². The number of rotatable bonds is 10.